The van der Waals surface area contributed by atoms with Crippen LogP contribution >= 0.6 is 0 Å². The third kappa shape index (κ3) is 2.43. The molecule has 0 saturated carbocycles. The van der Waals surface area contributed by atoms with Crippen LogP contribution in [0.3, 0.4) is 0 Å². The summed E-state index contributed by atoms with van der Waals surface area (Å²) in [4.78, 5) is 11.8. The van der Waals surface area contributed by atoms with E-state index < -0.39 is 0 Å². The Labute approximate surface area is 104 Å². The Morgan fingerprint density at radius 2 is 2.22 bits per heavy atom. The largest absolute Gasteiger partial charge is 0.455 e. The molecule has 6 nitrogen and oxygen atoms in total. The summed E-state index contributed by atoms with van der Waals surface area (Å²) in [6.45, 7) is 4.27. The van der Waals surface area contributed by atoms with Crippen LogP contribution in [-0.4, -0.2) is 11.1 Å². The third-order valence-electron chi connectivity index (χ3n) is 2.69. The van der Waals surface area contributed by atoms with E-state index in [0.29, 0.717) is 18.1 Å². The fraction of sp³-hybridized carbons (Fsp3) is 0.333. The number of furan rings is 1. The van der Waals surface area contributed by atoms with Crippen LogP contribution in [0, 0.1) is 13.8 Å². The van der Waals surface area contributed by atoms with Crippen molar-refractivity contribution in [2.45, 2.75) is 26.9 Å². The Balaban J connectivity index is 2.00. The number of hydrogen-bond donors (Lipinski definition) is 2. The molecule has 0 atom stereocenters. The molecule has 2 rings (SSSR count). The van der Waals surface area contributed by atoms with E-state index in [1.165, 1.54) is 0 Å². The van der Waals surface area contributed by atoms with Gasteiger partial charge in [0.1, 0.15) is 11.5 Å². The molecule has 0 saturated heterocycles. The number of nitrogens with zero attached hydrogens (tertiary/aromatic N) is 1. The molecular weight excluding hydrogens is 234 g/mol. The second-order valence-corrected chi connectivity index (χ2v) is 3.96. The van der Waals surface area contributed by atoms with Gasteiger partial charge in [-0.2, -0.15) is 0 Å². The maximum Gasteiger partial charge on any atom is 0.287 e. The number of nitrogens with two attached hydrogens (primary N) is 1. The summed E-state index contributed by atoms with van der Waals surface area (Å²) in [5.41, 5.74) is 7.06. The molecule has 1 amide bonds. The van der Waals surface area contributed by atoms with Gasteiger partial charge in [0.05, 0.1) is 12.2 Å². The predicted molar refractivity (Wildman–Crippen MR) is 63.7 cm³/mol. The second-order valence-electron chi connectivity index (χ2n) is 3.96. The first-order valence-electron chi connectivity index (χ1n) is 5.60. The minimum Gasteiger partial charge on any atom is -0.455 e. The third-order valence-corrected chi connectivity index (χ3v) is 2.69. The molecule has 0 fully saturated rings. The van der Waals surface area contributed by atoms with Crippen LogP contribution in [0.5, 0.6) is 0 Å². The molecule has 18 heavy (non-hydrogen) atoms. The van der Waals surface area contributed by atoms with Crippen LogP contribution in [0.15, 0.2) is 21.1 Å². The average Bonchev–Trinajstić information content (AvgIpc) is 2.95. The molecule has 0 unspecified atom stereocenters. The van der Waals surface area contributed by atoms with Gasteiger partial charge in [0, 0.05) is 12.1 Å². The molecule has 0 aliphatic carbocycles. The summed E-state index contributed by atoms with van der Waals surface area (Å²) in [5, 5.41) is 6.56. The Morgan fingerprint density at radius 3 is 2.78 bits per heavy atom. The minimum absolute atomic E-state index is 0.252. The van der Waals surface area contributed by atoms with E-state index in [0.717, 1.165) is 11.3 Å². The van der Waals surface area contributed by atoms with E-state index in [9.17, 15) is 4.79 Å². The topological polar surface area (TPSA) is 94.3 Å². The van der Waals surface area contributed by atoms with Gasteiger partial charge in [-0.1, -0.05) is 5.16 Å². The highest BCUT2D eigenvalue weighted by atomic mass is 16.5. The van der Waals surface area contributed by atoms with E-state index in [-0.39, 0.29) is 18.2 Å². The Kier molecular flexibility index (Phi) is 3.47. The number of rotatable bonds is 4. The van der Waals surface area contributed by atoms with Gasteiger partial charge in [-0.05, 0) is 26.0 Å². The van der Waals surface area contributed by atoms with Crippen LogP contribution in [-0.2, 0) is 13.1 Å². The number of carbonyl (C=O) groups excluding carboxylic acids is 1. The highest BCUT2D eigenvalue weighted by Gasteiger charge is 2.13. The molecular formula is C12H15N3O3. The Bertz CT molecular complexity index is 537. The number of carbonyl (C=O) groups is 1. The van der Waals surface area contributed by atoms with Gasteiger partial charge in [0.15, 0.2) is 5.76 Å². The van der Waals surface area contributed by atoms with Gasteiger partial charge in [-0.15, -0.1) is 0 Å². The van der Waals surface area contributed by atoms with Crippen LogP contribution in [0.25, 0.3) is 0 Å². The summed E-state index contributed by atoms with van der Waals surface area (Å²) in [6, 6.07) is 3.29. The van der Waals surface area contributed by atoms with E-state index in [2.05, 4.69) is 10.5 Å². The van der Waals surface area contributed by atoms with Gasteiger partial charge < -0.3 is 20.0 Å². The zero-order valence-corrected chi connectivity index (χ0v) is 10.3. The number of aromatic nitrogens is 1. The molecule has 0 aliphatic rings. The van der Waals surface area contributed by atoms with Gasteiger partial charge in [-0.3, -0.25) is 4.79 Å². The first-order valence-corrected chi connectivity index (χ1v) is 5.60. The SMILES string of the molecule is Cc1noc(C)c1CNC(=O)c1ccc(CN)o1. The van der Waals surface area contributed by atoms with Crippen molar-refractivity contribution in [3.05, 3.63) is 40.7 Å². The zero-order valence-electron chi connectivity index (χ0n) is 10.3. The van der Waals surface area contributed by atoms with E-state index in [1.807, 2.05) is 6.92 Å². The summed E-state index contributed by atoms with van der Waals surface area (Å²) >= 11 is 0. The minimum atomic E-state index is -0.283. The van der Waals surface area contributed by atoms with Crippen LogP contribution < -0.4 is 11.1 Å². The summed E-state index contributed by atoms with van der Waals surface area (Å²) in [5.74, 6) is 1.25. The predicted octanol–water partition coefficient (Wildman–Crippen LogP) is 1.27. The average molecular weight is 249 g/mol. The van der Waals surface area contributed by atoms with Crippen LogP contribution in [0.1, 0.15) is 33.3 Å². The Morgan fingerprint density at radius 1 is 1.44 bits per heavy atom. The first-order chi connectivity index (χ1) is 8.61. The van der Waals surface area contributed by atoms with Crippen LogP contribution in [0.2, 0.25) is 0 Å². The highest BCUT2D eigenvalue weighted by molar-refractivity contribution is 5.91. The molecule has 96 valence electrons. The van der Waals surface area contributed by atoms with Crippen molar-refractivity contribution in [1.82, 2.24) is 10.5 Å². The van der Waals surface area contributed by atoms with Crippen molar-refractivity contribution in [2.24, 2.45) is 5.73 Å². The monoisotopic (exact) mass is 249 g/mol. The number of aryl methyl sites for hydroxylation is 2. The summed E-state index contributed by atoms with van der Waals surface area (Å²) in [6.07, 6.45) is 0. The highest BCUT2D eigenvalue weighted by Crippen LogP contribution is 2.12. The van der Waals surface area contributed by atoms with Crippen molar-refractivity contribution < 1.29 is 13.7 Å². The van der Waals surface area contributed by atoms with Crippen molar-refractivity contribution >= 4 is 5.91 Å². The Hall–Kier alpha value is -2.08. The van der Waals surface area contributed by atoms with E-state index >= 15 is 0 Å². The quantitative estimate of drug-likeness (QED) is 0.851. The maximum absolute atomic E-state index is 11.8. The normalized spacial score (nSPS) is 10.6. The van der Waals surface area contributed by atoms with E-state index in [1.54, 1.807) is 19.1 Å². The van der Waals surface area contributed by atoms with Gasteiger partial charge in [-0.25, -0.2) is 0 Å². The number of hydrogen-bond acceptors (Lipinski definition) is 5. The molecule has 0 aromatic carbocycles. The lowest BCUT2D eigenvalue weighted by Crippen LogP contribution is -2.22. The van der Waals surface area contributed by atoms with E-state index in [4.69, 9.17) is 14.7 Å². The molecule has 0 radical (unpaired) electrons. The molecule has 0 spiro atoms. The lowest BCUT2D eigenvalue weighted by atomic mass is 10.2. The summed E-state index contributed by atoms with van der Waals surface area (Å²) < 4.78 is 10.3. The van der Waals surface area contributed by atoms with Gasteiger partial charge >= 0.3 is 0 Å². The summed E-state index contributed by atoms with van der Waals surface area (Å²) in [7, 11) is 0. The molecule has 0 aliphatic heterocycles. The number of nitrogens with one attached hydrogen (secondary N) is 1. The smallest absolute Gasteiger partial charge is 0.287 e. The second kappa shape index (κ2) is 5.05. The molecule has 0 bridgehead atoms. The molecule has 6 heteroatoms. The first kappa shape index (κ1) is 12.4. The lowest BCUT2D eigenvalue weighted by molar-refractivity contribution is 0.0921. The van der Waals surface area contributed by atoms with Crippen molar-refractivity contribution in [1.29, 1.82) is 0 Å². The molecule has 2 aromatic rings. The standard InChI is InChI=1S/C12H15N3O3/c1-7-10(8(2)18-15-7)6-14-12(16)11-4-3-9(5-13)17-11/h3-4H,5-6,13H2,1-2H3,(H,14,16). The zero-order chi connectivity index (χ0) is 13.1. The van der Waals surface area contributed by atoms with Gasteiger partial charge in [0.2, 0.25) is 0 Å². The lowest BCUT2D eigenvalue weighted by Gasteiger charge is -2.02. The fourth-order valence-corrected chi connectivity index (χ4v) is 1.62. The number of amides is 1. The maximum atomic E-state index is 11.8. The van der Waals surface area contributed by atoms with Gasteiger partial charge in [0.25, 0.3) is 5.91 Å². The fourth-order valence-electron chi connectivity index (χ4n) is 1.62. The van der Waals surface area contributed by atoms with Crippen LogP contribution in [0.4, 0.5) is 0 Å². The molecule has 2 heterocycles. The molecule has 3 N–H and O–H groups in total. The molecule has 2 aromatic heterocycles. The van der Waals surface area contributed by atoms with Crippen molar-refractivity contribution in [3.8, 4) is 0 Å². The van der Waals surface area contributed by atoms with Crippen molar-refractivity contribution in [2.75, 3.05) is 0 Å². The van der Waals surface area contributed by atoms with Crippen molar-refractivity contribution in [3.63, 3.8) is 0 Å².